The summed E-state index contributed by atoms with van der Waals surface area (Å²) in [5, 5.41) is 41.2. The molecule has 0 amide bonds. The van der Waals surface area contributed by atoms with Crippen LogP contribution in [0.4, 0.5) is 0 Å². The van der Waals surface area contributed by atoms with Crippen molar-refractivity contribution in [3.8, 4) is 0 Å². The lowest BCUT2D eigenvalue weighted by Crippen LogP contribution is -2.64. The number of hydrogen-bond acceptors (Lipinski definition) is 13. The zero-order valence-corrected chi connectivity index (χ0v) is 39.8. The van der Waals surface area contributed by atoms with E-state index in [1.54, 1.807) is 0 Å². The van der Waals surface area contributed by atoms with Gasteiger partial charge in [0.1, 0.15) is 43.2 Å². The van der Waals surface area contributed by atoms with Gasteiger partial charge in [0.2, 0.25) is 0 Å². The molecular weight excluding hydrogens is 858 g/mol. The van der Waals surface area contributed by atoms with Crippen molar-refractivity contribution in [3.05, 3.63) is 36.5 Å². The summed E-state index contributed by atoms with van der Waals surface area (Å²) in [6.07, 6.45) is 23.9. The van der Waals surface area contributed by atoms with Crippen LogP contribution in [0.1, 0.15) is 181 Å². The smallest absolute Gasteiger partial charge is 0.462 e. The van der Waals surface area contributed by atoms with Gasteiger partial charge in [-0.15, -0.1) is 0 Å². The second-order valence-electron chi connectivity index (χ2n) is 16.5. The van der Waals surface area contributed by atoms with Crippen molar-refractivity contribution >= 4 is 27.6 Å². The molecule has 0 bridgehead atoms. The SMILES string of the molecule is CCCCCC=CCC=CCCCCCCCC(=O)OC[C@H](COP(=O)(O)O[C@H]1C(O)C(O)C(O)[C@@H](OP(=O)(O)O)C1O)OC(=O)CCCCCCCC=CCCCCCCCC. The molecule has 1 rings (SSSR count). The van der Waals surface area contributed by atoms with Crippen LogP contribution < -0.4 is 0 Å². The van der Waals surface area contributed by atoms with Gasteiger partial charge in [-0.3, -0.25) is 23.2 Å². The highest BCUT2D eigenvalue weighted by atomic mass is 31.2. The van der Waals surface area contributed by atoms with Crippen LogP contribution >= 0.6 is 15.6 Å². The summed E-state index contributed by atoms with van der Waals surface area (Å²) in [7, 11) is -10.7. The predicted molar refractivity (Wildman–Crippen MR) is 241 cm³/mol. The third kappa shape index (κ3) is 30.9. The van der Waals surface area contributed by atoms with Crippen LogP contribution in [0, 0.1) is 0 Å². The van der Waals surface area contributed by atoms with E-state index in [0.717, 1.165) is 83.5 Å². The van der Waals surface area contributed by atoms with Crippen LogP contribution in [0.25, 0.3) is 0 Å². The summed E-state index contributed by atoms with van der Waals surface area (Å²) in [5.41, 5.74) is 0. The van der Waals surface area contributed by atoms with Gasteiger partial charge >= 0.3 is 27.6 Å². The molecule has 1 aliphatic carbocycles. The molecule has 0 heterocycles. The molecular formula is C45H82O16P2. The minimum atomic E-state index is -5.36. The molecule has 368 valence electrons. The van der Waals surface area contributed by atoms with Gasteiger partial charge in [0.25, 0.3) is 0 Å². The van der Waals surface area contributed by atoms with E-state index in [-0.39, 0.29) is 12.8 Å². The average molecular weight is 941 g/mol. The number of carbonyl (C=O) groups excluding carboxylic acids is 2. The van der Waals surface area contributed by atoms with Gasteiger partial charge in [-0.1, -0.05) is 134 Å². The zero-order chi connectivity index (χ0) is 46.8. The molecule has 1 aliphatic rings. The number of aliphatic hydroxyl groups is 4. The third-order valence-electron chi connectivity index (χ3n) is 10.7. The van der Waals surface area contributed by atoms with E-state index in [1.165, 1.54) is 57.8 Å². The summed E-state index contributed by atoms with van der Waals surface area (Å²) < 4.78 is 49.3. The maximum atomic E-state index is 13.0. The number of ether oxygens (including phenoxy) is 2. The molecule has 18 heteroatoms. The first-order chi connectivity index (χ1) is 30.1. The summed E-state index contributed by atoms with van der Waals surface area (Å²) in [5.74, 6) is -1.23. The van der Waals surface area contributed by atoms with Crippen molar-refractivity contribution < 1.29 is 76.9 Å². The first-order valence-electron chi connectivity index (χ1n) is 23.5. The topological polar surface area (TPSA) is 256 Å². The molecule has 0 radical (unpaired) electrons. The van der Waals surface area contributed by atoms with E-state index in [1.807, 2.05) is 0 Å². The van der Waals surface area contributed by atoms with Gasteiger partial charge in [-0.05, 0) is 70.6 Å². The van der Waals surface area contributed by atoms with Crippen LogP contribution in [0.3, 0.4) is 0 Å². The molecule has 7 N–H and O–H groups in total. The molecule has 5 unspecified atom stereocenters. The number of unbranched alkanes of at least 4 members (excludes halogenated alkanes) is 19. The number of rotatable bonds is 39. The summed E-state index contributed by atoms with van der Waals surface area (Å²) in [4.78, 5) is 54.2. The second kappa shape index (κ2) is 36.4. The number of esters is 2. The first kappa shape index (κ1) is 59.2. The van der Waals surface area contributed by atoms with Crippen molar-refractivity contribution in [2.24, 2.45) is 0 Å². The molecule has 0 saturated heterocycles. The van der Waals surface area contributed by atoms with Gasteiger partial charge in [-0.25, -0.2) is 9.13 Å². The Balaban J connectivity index is 2.62. The number of phosphoric acid groups is 2. The normalized spacial score (nSPS) is 22.2. The Morgan fingerprint density at radius 2 is 0.921 bits per heavy atom. The Morgan fingerprint density at radius 3 is 1.43 bits per heavy atom. The van der Waals surface area contributed by atoms with E-state index >= 15 is 0 Å². The van der Waals surface area contributed by atoms with Crippen LogP contribution in [0.5, 0.6) is 0 Å². The molecule has 0 aliphatic heterocycles. The van der Waals surface area contributed by atoms with Crippen LogP contribution in [0.15, 0.2) is 36.5 Å². The molecule has 0 aromatic rings. The lowest BCUT2D eigenvalue weighted by molar-refractivity contribution is -0.216. The zero-order valence-electron chi connectivity index (χ0n) is 38.0. The molecule has 0 spiro atoms. The number of aliphatic hydroxyl groups excluding tert-OH is 4. The van der Waals surface area contributed by atoms with Crippen LogP contribution in [0.2, 0.25) is 0 Å². The number of allylic oxidation sites excluding steroid dienone is 6. The van der Waals surface area contributed by atoms with Gasteiger partial charge in [0.15, 0.2) is 6.10 Å². The monoisotopic (exact) mass is 941 g/mol. The average Bonchev–Trinajstić information content (AvgIpc) is 3.23. The summed E-state index contributed by atoms with van der Waals surface area (Å²) >= 11 is 0. The van der Waals surface area contributed by atoms with E-state index in [0.29, 0.717) is 12.8 Å². The van der Waals surface area contributed by atoms with E-state index in [4.69, 9.17) is 28.3 Å². The second-order valence-corrected chi connectivity index (χ2v) is 19.1. The third-order valence-corrected chi connectivity index (χ3v) is 12.2. The molecule has 1 fully saturated rings. The lowest BCUT2D eigenvalue weighted by atomic mass is 9.85. The highest BCUT2D eigenvalue weighted by Crippen LogP contribution is 2.49. The minimum Gasteiger partial charge on any atom is -0.462 e. The quantitative estimate of drug-likeness (QED) is 0.0132. The van der Waals surface area contributed by atoms with E-state index in [9.17, 15) is 44.0 Å². The highest BCUT2D eigenvalue weighted by molar-refractivity contribution is 7.47. The molecule has 63 heavy (non-hydrogen) atoms. The van der Waals surface area contributed by atoms with Crippen molar-refractivity contribution in [2.45, 2.75) is 224 Å². The Hall–Kier alpha value is -1.78. The lowest BCUT2D eigenvalue weighted by Gasteiger charge is -2.43. The minimum absolute atomic E-state index is 0.0312. The van der Waals surface area contributed by atoms with Crippen molar-refractivity contribution in [3.63, 3.8) is 0 Å². The van der Waals surface area contributed by atoms with Gasteiger partial charge in [0.05, 0.1) is 6.61 Å². The van der Waals surface area contributed by atoms with Crippen LogP contribution in [-0.4, -0.2) is 103 Å². The predicted octanol–water partition coefficient (Wildman–Crippen LogP) is 8.73. The number of hydrogen-bond donors (Lipinski definition) is 7. The Bertz CT molecular complexity index is 1370. The Labute approximate surface area is 376 Å². The largest absolute Gasteiger partial charge is 0.472 e. The number of phosphoric ester groups is 2. The van der Waals surface area contributed by atoms with Gasteiger partial charge in [-0.2, -0.15) is 0 Å². The van der Waals surface area contributed by atoms with Crippen LogP contribution in [-0.2, 0) is 41.8 Å². The maximum absolute atomic E-state index is 13.0. The molecule has 8 atom stereocenters. The van der Waals surface area contributed by atoms with Crippen molar-refractivity contribution in [1.82, 2.24) is 0 Å². The maximum Gasteiger partial charge on any atom is 0.472 e. The van der Waals surface area contributed by atoms with Crippen molar-refractivity contribution in [2.75, 3.05) is 13.2 Å². The highest BCUT2D eigenvalue weighted by Gasteiger charge is 2.54. The molecule has 0 aromatic heterocycles. The Kier molecular flexibility index (Phi) is 34.2. The van der Waals surface area contributed by atoms with E-state index < -0.39 is 83.5 Å². The van der Waals surface area contributed by atoms with E-state index in [2.05, 4.69) is 54.8 Å². The fraction of sp³-hybridized carbons (Fsp3) is 0.822. The molecule has 0 aromatic carbocycles. The van der Waals surface area contributed by atoms with Crippen molar-refractivity contribution in [1.29, 1.82) is 0 Å². The van der Waals surface area contributed by atoms with Gasteiger partial charge in [0, 0.05) is 12.8 Å². The molecule has 1 saturated carbocycles. The fourth-order valence-corrected chi connectivity index (χ4v) is 8.53. The summed E-state index contributed by atoms with van der Waals surface area (Å²) in [6, 6.07) is 0. The standard InChI is InChI=1S/C45H82O16P2/c1-3-5-7-9-11-13-15-17-19-21-23-25-27-29-31-33-38(46)57-35-37(59-39(47)34-32-30-28-26-24-22-20-18-16-14-12-10-8-6-4-2)36-58-63(55,56)61-45-42(50)40(48)41(49)44(43(45)51)60-62(52,53)54/h11,13,17-20,37,40-45,48-51H,3-10,12,14-16,21-36H2,1-2H3,(H,55,56)(H2,52,53,54)/t37-,40?,41?,42?,43?,44-,45+/m1/s1. The first-order valence-corrected chi connectivity index (χ1v) is 26.6. The number of carbonyl (C=O) groups is 2. The molecule has 16 nitrogen and oxygen atoms in total. The summed E-state index contributed by atoms with van der Waals surface area (Å²) in [6.45, 7) is 3.06. The van der Waals surface area contributed by atoms with Gasteiger partial charge < -0.3 is 44.6 Å². The fourth-order valence-electron chi connectivity index (χ4n) is 6.99. The Morgan fingerprint density at radius 1 is 0.508 bits per heavy atom.